The van der Waals surface area contributed by atoms with E-state index in [4.69, 9.17) is 4.98 Å². The molecular weight excluding hydrogens is 470 g/mol. The quantitative estimate of drug-likeness (QED) is 0.513. The second-order valence-electron chi connectivity index (χ2n) is 8.42. The lowest BCUT2D eigenvalue weighted by Gasteiger charge is -2.33. The minimum Gasteiger partial charge on any atom is -0.325 e. The van der Waals surface area contributed by atoms with E-state index in [1.54, 1.807) is 23.5 Å². The van der Waals surface area contributed by atoms with Gasteiger partial charge in [0.05, 0.1) is 17.1 Å². The van der Waals surface area contributed by atoms with Crippen molar-refractivity contribution in [3.63, 3.8) is 0 Å². The zero-order valence-electron chi connectivity index (χ0n) is 19.3. The molecule has 0 bridgehead atoms. The van der Waals surface area contributed by atoms with E-state index in [9.17, 15) is 13.2 Å². The van der Waals surface area contributed by atoms with E-state index in [0.717, 1.165) is 53.3 Å². The SMILES string of the molecule is CN(C)S(=O)(=O)c1ccc(NC(=O)CN2CCN(Cc3csc(-c4ccccc4)n3)CC2)cc1. The molecule has 0 spiro atoms. The Kier molecular flexibility index (Phi) is 7.74. The van der Waals surface area contributed by atoms with Gasteiger partial charge in [-0.25, -0.2) is 17.7 Å². The first-order valence-corrected chi connectivity index (χ1v) is 13.4. The van der Waals surface area contributed by atoms with E-state index < -0.39 is 10.0 Å². The number of aromatic nitrogens is 1. The van der Waals surface area contributed by atoms with Gasteiger partial charge in [-0.2, -0.15) is 0 Å². The largest absolute Gasteiger partial charge is 0.325 e. The van der Waals surface area contributed by atoms with Crippen molar-refractivity contribution in [2.45, 2.75) is 11.4 Å². The number of carbonyl (C=O) groups is 1. The number of anilines is 1. The Bertz CT molecular complexity index is 1200. The van der Waals surface area contributed by atoms with Crippen LogP contribution in [0.5, 0.6) is 0 Å². The molecule has 180 valence electrons. The molecule has 1 aromatic heterocycles. The molecule has 1 saturated heterocycles. The Balaban J connectivity index is 1.23. The van der Waals surface area contributed by atoms with E-state index in [0.29, 0.717) is 12.2 Å². The van der Waals surface area contributed by atoms with Crippen LogP contribution in [0.15, 0.2) is 64.9 Å². The van der Waals surface area contributed by atoms with E-state index in [1.165, 1.54) is 26.2 Å². The summed E-state index contributed by atoms with van der Waals surface area (Å²) in [5.74, 6) is -0.108. The summed E-state index contributed by atoms with van der Waals surface area (Å²) in [7, 11) is -0.502. The lowest BCUT2D eigenvalue weighted by Crippen LogP contribution is -2.48. The van der Waals surface area contributed by atoms with Crippen LogP contribution >= 0.6 is 11.3 Å². The summed E-state index contributed by atoms with van der Waals surface area (Å²) in [4.78, 5) is 22.0. The molecule has 1 fully saturated rings. The van der Waals surface area contributed by atoms with Gasteiger partial charge in [0.2, 0.25) is 15.9 Å². The van der Waals surface area contributed by atoms with Crippen molar-refractivity contribution in [1.29, 1.82) is 0 Å². The summed E-state index contributed by atoms with van der Waals surface area (Å²) in [5, 5.41) is 6.02. The van der Waals surface area contributed by atoms with Gasteiger partial charge in [-0.15, -0.1) is 11.3 Å². The summed E-state index contributed by atoms with van der Waals surface area (Å²) < 4.78 is 25.5. The molecule has 0 aliphatic carbocycles. The zero-order chi connectivity index (χ0) is 24.1. The molecular formula is C24H29N5O3S2. The molecule has 4 rings (SSSR count). The van der Waals surface area contributed by atoms with E-state index >= 15 is 0 Å². The Hall–Kier alpha value is -2.63. The average Bonchev–Trinajstić information content (AvgIpc) is 3.30. The summed E-state index contributed by atoms with van der Waals surface area (Å²) in [6, 6.07) is 16.4. The van der Waals surface area contributed by atoms with Crippen LogP contribution in [-0.2, 0) is 21.4 Å². The molecule has 10 heteroatoms. The number of hydrogen-bond acceptors (Lipinski definition) is 7. The maximum absolute atomic E-state index is 12.5. The van der Waals surface area contributed by atoms with Crippen LogP contribution in [0.2, 0.25) is 0 Å². The average molecular weight is 500 g/mol. The second-order valence-corrected chi connectivity index (χ2v) is 11.4. The summed E-state index contributed by atoms with van der Waals surface area (Å²) in [6.07, 6.45) is 0. The van der Waals surface area contributed by atoms with Crippen LogP contribution in [0.1, 0.15) is 5.69 Å². The first-order chi connectivity index (χ1) is 16.3. The molecule has 1 aliphatic heterocycles. The number of piperazine rings is 1. The molecule has 3 aromatic rings. The predicted molar refractivity (Wildman–Crippen MR) is 135 cm³/mol. The van der Waals surface area contributed by atoms with E-state index in [-0.39, 0.29) is 10.8 Å². The van der Waals surface area contributed by atoms with Crippen LogP contribution in [0, 0.1) is 0 Å². The molecule has 2 heterocycles. The lowest BCUT2D eigenvalue weighted by atomic mass is 10.2. The number of rotatable bonds is 8. The highest BCUT2D eigenvalue weighted by Gasteiger charge is 2.21. The molecule has 0 radical (unpaired) electrons. The number of benzene rings is 2. The molecule has 0 saturated carbocycles. The van der Waals surface area contributed by atoms with E-state index in [1.807, 2.05) is 18.2 Å². The van der Waals surface area contributed by atoms with Crippen LogP contribution < -0.4 is 5.32 Å². The van der Waals surface area contributed by atoms with Crippen molar-refractivity contribution < 1.29 is 13.2 Å². The van der Waals surface area contributed by atoms with Gasteiger partial charge in [0.1, 0.15) is 5.01 Å². The molecule has 2 aromatic carbocycles. The molecule has 1 N–H and O–H groups in total. The molecule has 0 atom stereocenters. The van der Waals surface area contributed by atoms with Gasteiger partial charge < -0.3 is 5.32 Å². The minimum atomic E-state index is -3.48. The topological polar surface area (TPSA) is 85.8 Å². The number of nitrogens with zero attached hydrogens (tertiary/aromatic N) is 4. The standard InChI is InChI=1S/C24H29N5O3S2/c1-27(2)34(31,32)22-10-8-20(9-11-22)25-23(30)17-29-14-12-28(13-15-29)16-21-18-33-24(26-21)19-6-4-3-5-7-19/h3-11,18H,12-17H2,1-2H3,(H,25,30). The monoisotopic (exact) mass is 499 g/mol. The van der Waals surface area contributed by atoms with Gasteiger partial charge in [-0.1, -0.05) is 30.3 Å². The van der Waals surface area contributed by atoms with Crippen molar-refractivity contribution in [2.75, 3.05) is 52.1 Å². The van der Waals surface area contributed by atoms with Gasteiger partial charge in [0.15, 0.2) is 0 Å². The fourth-order valence-electron chi connectivity index (χ4n) is 3.75. The third-order valence-corrected chi connectivity index (χ3v) is 8.48. The Morgan fingerprint density at radius 2 is 1.65 bits per heavy atom. The predicted octanol–water partition coefficient (Wildman–Crippen LogP) is 2.82. The van der Waals surface area contributed by atoms with Crippen molar-refractivity contribution in [2.24, 2.45) is 0 Å². The number of nitrogens with one attached hydrogen (secondary N) is 1. The molecule has 1 aliphatic rings. The van der Waals surface area contributed by atoms with Crippen LogP contribution in [-0.4, -0.2) is 80.2 Å². The van der Waals surface area contributed by atoms with Crippen LogP contribution in [0.25, 0.3) is 10.6 Å². The maximum atomic E-state index is 12.5. The summed E-state index contributed by atoms with van der Waals surface area (Å²) >= 11 is 1.67. The minimum absolute atomic E-state index is 0.108. The van der Waals surface area contributed by atoms with Gasteiger partial charge in [-0.3, -0.25) is 14.6 Å². The normalized spacial score (nSPS) is 15.5. The fourth-order valence-corrected chi connectivity index (χ4v) is 5.47. The third-order valence-electron chi connectivity index (χ3n) is 5.71. The summed E-state index contributed by atoms with van der Waals surface area (Å²) in [6.45, 7) is 4.49. The molecule has 0 unspecified atom stereocenters. The highest BCUT2D eigenvalue weighted by atomic mass is 32.2. The Morgan fingerprint density at radius 1 is 1.00 bits per heavy atom. The maximum Gasteiger partial charge on any atom is 0.242 e. The Labute approximate surface area is 204 Å². The highest BCUT2D eigenvalue weighted by molar-refractivity contribution is 7.89. The number of amides is 1. The number of sulfonamides is 1. The van der Waals surface area contributed by atoms with Gasteiger partial charge in [0.25, 0.3) is 0 Å². The number of hydrogen-bond donors (Lipinski definition) is 1. The van der Waals surface area contributed by atoms with Crippen LogP contribution in [0.3, 0.4) is 0 Å². The first kappa shape index (κ1) is 24.5. The van der Waals surface area contributed by atoms with E-state index in [2.05, 4.69) is 32.6 Å². The fraction of sp³-hybridized carbons (Fsp3) is 0.333. The zero-order valence-corrected chi connectivity index (χ0v) is 21.0. The number of thiazole rings is 1. The third kappa shape index (κ3) is 6.08. The smallest absolute Gasteiger partial charge is 0.242 e. The van der Waals surface area contributed by atoms with Crippen molar-refractivity contribution in [1.82, 2.24) is 19.1 Å². The van der Waals surface area contributed by atoms with Crippen molar-refractivity contribution >= 4 is 33.0 Å². The van der Waals surface area contributed by atoms with Gasteiger partial charge in [0, 0.05) is 63.5 Å². The summed E-state index contributed by atoms with van der Waals surface area (Å²) in [5.41, 5.74) is 2.80. The van der Waals surface area contributed by atoms with Crippen molar-refractivity contribution in [3.05, 3.63) is 65.7 Å². The lowest BCUT2D eigenvalue weighted by molar-refractivity contribution is -0.117. The molecule has 1 amide bonds. The van der Waals surface area contributed by atoms with Crippen molar-refractivity contribution in [3.8, 4) is 10.6 Å². The molecule has 34 heavy (non-hydrogen) atoms. The number of carbonyl (C=O) groups excluding carboxylic acids is 1. The molecule has 8 nitrogen and oxygen atoms in total. The second kappa shape index (κ2) is 10.7. The Morgan fingerprint density at radius 3 is 2.29 bits per heavy atom. The first-order valence-electron chi connectivity index (χ1n) is 11.1. The van der Waals surface area contributed by atoms with Gasteiger partial charge >= 0.3 is 0 Å². The van der Waals surface area contributed by atoms with Gasteiger partial charge in [-0.05, 0) is 24.3 Å². The van der Waals surface area contributed by atoms with Crippen LogP contribution in [0.4, 0.5) is 5.69 Å². The highest BCUT2D eigenvalue weighted by Crippen LogP contribution is 2.24.